The minimum atomic E-state index is -1.77. The summed E-state index contributed by atoms with van der Waals surface area (Å²) in [4.78, 5) is 55.1. The highest BCUT2D eigenvalue weighted by atomic mass is 16.7. The largest absolute Gasteiger partial charge is 0.507 e. The molecule has 0 aromatic heterocycles. The fourth-order valence-corrected chi connectivity index (χ4v) is 9.10. The minimum absolute atomic E-state index is 0.0145. The minimum Gasteiger partial charge on any atom is -0.507 e. The topological polar surface area (TPSA) is 243 Å². The predicted octanol–water partition coefficient (Wildman–Crippen LogP) is 2.22. The fraction of sp³-hybridized carbons (Fsp3) is 0.571. The summed E-state index contributed by atoms with van der Waals surface area (Å²) in [7, 11) is 4.88. The number of hydrogen-bond donors (Lipinski definition) is 5. The number of aliphatic hydroxyl groups is 2. The average Bonchev–Trinajstić information content (AvgIpc) is 3.17. The van der Waals surface area contributed by atoms with Crippen LogP contribution in [0.2, 0.25) is 0 Å². The Labute approximate surface area is 340 Å². The van der Waals surface area contributed by atoms with Crippen LogP contribution < -0.4 is 5.73 Å². The number of nitrogens with zero attached hydrogens (tertiary/aromatic N) is 1. The van der Waals surface area contributed by atoms with Gasteiger partial charge in [-0.15, -0.1) is 0 Å². The molecule has 11 unspecified atom stereocenters. The van der Waals surface area contributed by atoms with Crippen molar-refractivity contribution >= 4 is 23.3 Å². The number of aliphatic hydroxyl groups excluding tert-OH is 1. The summed E-state index contributed by atoms with van der Waals surface area (Å²) in [5.74, 6) is -4.94. The van der Waals surface area contributed by atoms with Gasteiger partial charge in [0, 0.05) is 48.1 Å². The number of fused-ring (bicyclic) bond motifs is 3. The van der Waals surface area contributed by atoms with Crippen LogP contribution in [0.1, 0.15) is 108 Å². The van der Waals surface area contributed by atoms with Crippen LogP contribution in [0.4, 0.5) is 0 Å². The molecule has 2 saturated heterocycles. The van der Waals surface area contributed by atoms with E-state index in [9.17, 15) is 39.6 Å². The Morgan fingerprint density at radius 2 is 1.61 bits per heavy atom. The Kier molecular flexibility index (Phi) is 11.8. The summed E-state index contributed by atoms with van der Waals surface area (Å²) in [6, 6.07) is 5.05. The number of carbonyl (C=O) groups is 4. The number of methoxy groups -OCH3 is 1. The van der Waals surface area contributed by atoms with Crippen LogP contribution in [0.15, 0.2) is 36.0 Å². The van der Waals surface area contributed by atoms with E-state index >= 15 is 0 Å². The summed E-state index contributed by atoms with van der Waals surface area (Å²) in [5, 5.41) is 45.9. The molecule has 2 fully saturated rings. The number of hydrogen-bond acceptors (Lipinski definition) is 17. The molecule has 0 spiro atoms. The molecule has 7 rings (SSSR count). The zero-order chi connectivity index (χ0) is 42.8. The van der Waals surface area contributed by atoms with Gasteiger partial charge in [0.05, 0.1) is 54.0 Å². The summed E-state index contributed by atoms with van der Waals surface area (Å²) in [6.07, 6.45) is -7.25. The molecular formula is C42H52N2O15. The van der Waals surface area contributed by atoms with Crippen molar-refractivity contribution in [2.45, 2.75) is 133 Å². The standard InChI is InChI=1S/C42H52N2O15/c1-8-42(52)16-28(32-21(34(42)40(51)53-7)12-22-33(37(32)50)36(49)31-20(35(22)48)10-9-11-25(31)45)57-29-14-24(44(5)6)38(18(3)54-29)58-30-15-27(47)39(19(4)55-30)59-41-23(43)13-26(46)17(2)56-41/h9-13,17-19,24,27-30,34,38-39,41,45,47,50,52H,8,14-16,43H2,1-7H3/t17?,18?,19?,24?,27?,28-,29?,30?,34?,38?,39?,41?,42+/m1/s1. The molecule has 0 saturated carbocycles. The molecule has 0 bridgehead atoms. The number of aromatic hydroxyl groups is 2. The highest BCUT2D eigenvalue weighted by Crippen LogP contribution is 2.54. The molecule has 3 aliphatic heterocycles. The second-order valence-corrected chi connectivity index (χ2v) is 16.2. The third-order valence-electron chi connectivity index (χ3n) is 12.3. The van der Waals surface area contributed by atoms with Gasteiger partial charge in [-0.25, -0.2) is 0 Å². The summed E-state index contributed by atoms with van der Waals surface area (Å²) >= 11 is 0. The molecule has 5 aliphatic rings. The van der Waals surface area contributed by atoms with Gasteiger partial charge in [0.2, 0.25) is 5.78 Å². The number of ketones is 3. The van der Waals surface area contributed by atoms with Crippen molar-refractivity contribution in [2.75, 3.05) is 21.2 Å². The lowest BCUT2D eigenvalue weighted by molar-refractivity contribution is -0.321. The van der Waals surface area contributed by atoms with Crippen LogP contribution in [0.5, 0.6) is 11.5 Å². The summed E-state index contributed by atoms with van der Waals surface area (Å²) in [5.41, 5.74) is 3.52. The third-order valence-corrected chi connectivity index (χ3v) is 12.3. The van der Waals surface area contributed by atoms with Gasteiger partial charge in [-0.1, -0.05) is 19.1 Å². The number of phenolic OH excluding ortho intramolecular Hbond substituents is 2. The predicted molar refractivity (Wildman–Crippen MR) is 204 cm³/mol. The first-order chi connectivity index (χ1) is 27.9. The van der Waals surface area contributed by atoms with E-state index in [1.165, 1.54) is 37.5 Å². The smallest absolute Gasteiger partial charge is 0.316 e. The van der Waals surface area contributed by atoms with E-state index in [4.69, 9.17) is 38.9 Å². The second kappa shape index (κ2) is 16.3. The van der Waals surface area contributed by atoms with Crippen molar-refractivity contribution in [1.29, 1.82) is 0 Å². The summed E-state index contributed by atoms with van der Waals surface area (Å²) in [6.45, 7) is 6.78. The van der Waals surface area contributed by atoms with Gasteiger partial charge in [0.15, 0.2) is 30.4 Å². The van der Waals surface area contributed by atoms with Crippen LogP contribution in [0.3, 0.4) is 0 Å². The maximum Gasteiger partial charge on any atom is 0.316 e. The Bertz CT molecular complexity index is 2040. The van der Waals surface area contributed by atoms with E-state index in [0.29, 0.717) is 0 Å². The molecule has 320 valence electrons. The summed E-state index contributed by atoms with van der Waals surface area (Å²) < 4.78 is 42.4. The maximum absolute atomic E-state index is 13.9. The van der Waals surface area contributed by atoms with E-state index < -0.39 is 102 Å². The van der Waals surface area contributed by atoms with Gasteiger partial charge in [0.25, 0.3) is 0 Å². The molecule has 2 aromatic carbocycles. The first kappa shape index (κ1) is 42.8. The van der Waals surface area contributed by atoms with Gasteiger partial charge in [-0.05, 0) is 59.0 Å². The Hall–Kier alpha value is -4.30. The van der Waals surface area contributed by atoms with Gasteiger partial charge >= 0.3 is 5.97 Å². The normalized spacial score (nSPS) is 35.8. The first-order valence-electron chi connectivity index (χ1n) is 19.8. The van der Waals surface area contributed by atoms with E-state index in [1.807, 2.05) is 19.0 Å². The molecule has 17 nitrogen and oxygen atoms in total. The van der Waals surface area contributed by atoms with E-state index in [2.05, 4.69) is 0 Å². The Balaban J connectivity index is 1.14. The van der Waals surface area contributed by atoms with Crippen LogP contribution in [-0.2, 0) is 42.7 Å². The third kappa shape index (κ3) is 7.57. The van der Waals surface area contributed by atoms with Crippen LogP contribution >= 0.6 is 0 Å². The number of ether oxygens (including phenoxy) is 7. The lowest BCUT2D eigenvalue weighted by Crippen LogP contribution is -2.58. The molecule has 6 N–H and O–H groups in total. The molecule has 2 aliphatic carbocycles. The van der Waals surface area contributed by atoms with E-state index in [1.54, 1.807) is 27.7 Å². The van der Waals surface area contributed by atoms with E-state index in [-0.39, 0.29) is 76.6 Å². The van der Waals surface area contributed by atoms with Crippen molar-refractivity contribution in [2.24, 2.45) is 5.73 Å². The van der Waals surface area contributed by atoms with Gasteiger partial charge in [0.1, 0.15) is 35.7 Å². The number of carbonyl (C=O) groups excluding carboxylic acids is 4. The van der Waals surface area contributed by atoms with Crippen molar-refractivity contribution < 1.29 is 72.8 Å². The molecule has 13 atom stereocenters. The quantitative estimate of drug-likeness (QED) is 0.194. The van der Waals surface area contributed by atoms with Crippen molar-refractivity contribution in [3.8, 4) is 11.5 Å². The van der Waals surface area contributed by atoms with Crippen molar-refractivity contribution in [1.82, 2.24) is 4.90 Å². The van der Waals surface area contributed by atoms with Crippen LogP contribution in [0.25, 0.3) is 0 Å². The zero-order valence-corrected chi connectivity index (χ0v) is 33.9. The van der Waals surface area contributed by atoms with E-state index in [0.717, 1.165) is 0 Å². The highest BCUT2D eigenvalue weighted by Gasteiger charge is 2.53. The Morgan fingerprint density at radius 3 is 2.25 bits per heavy atom. The Morgan fingerprint density at radius 1 is 0.932 bits per heavy atom. The molecule has 0 radical (unpaired) electrons. The lowest BCUT2D eigenvalue weighted by atomic mass is 9.67. The van der Waals surface area contributed by atoms with Gasteiger partial charge in [-0.3, -0.25) is 19.2 Å². The number of esters is 1. The number of phenols is 2. The molecule has 17 heteroatoms. The van der Waals surface area contributed by atoms with Gasteiger partial charge < -0.3 is 64.2 Å². The lowest BCUT2D eigenvalue weighted by Gasteiger charge is -2.48. The SMILES string of the molecule is CC[C@]1(O)C[C@@H](OC2CC(N(C)C)C(OC3CC(O)C(OC4OC(C)C(=O)C=C4N)C(C)O3)C(C)O2)c2c(cc3c(c2O)C(=O)c2c(O)cccc2C3=O)C1C(=O)OC. The molecular weight excluding hydrogens is 772 g/mol. The number of likely N-dealkylation sites (N-methyl/N-ethyl adjacent to an activating group) is 1. The molecule has 59 heavy (non-hydrogen) atoms. The monoisotopic (exact) mass is 824 g/mol. The fourth-order valence-electron chi connectivity index (χ4n) is 9.10. The van der Waals surface area contributed by atoms with Crippen LogP contribution in [0, 0.1) is 0 Å². The van der Waals surface area contributed by atoms with Gasteiger partial charge in [-0.2, -0.15) is 0 Å². The average molecular weight is 825 g/mol. The number of benzene rings is 2. The highest BCUT2D eigenvalue weighted by molar-refractivity contribution is 6.30. The number of rotatable bonds is 9. The maximum atomic E-state index is 13.9. The molecule has 0 amide bonds. The second-order valence-electron chi connectivity index (χ2n) is 16.2. The molecule has 3 heterocycles. The number of nitrogens with two attached hydrogens (primary N) is 1. The first-order valence-corrected chi connectivity index (χ1v) is 19.8. The molecule has 2 aromatic rings. The van der Waals surface area contributed by atoms with Crippen LogP contribution in [-0.4, -0.2) is 137 Å². The zero-order valence-electron chi connectivity index (χ0n) is 33.9. The van der Waals surface area contributed by atoms with Crippen molar-refractivity contribution in [3.63, 3.8) is 0 Å². The van der Waals surface area contributed by atoms with Crippen molar-refractivity contribution in [3.05, 3.63) is 69.4 Å².